The second-order valence-corrected chi connectivity index (χ2v) is 12.1. The molecule has 0 bridgehead atoms. The zero-order valence-electron chi connectivity index (χ0n) is 24.1. The molecule has 9 heteroatoms. The maximum Gasteiger partial charge on any atom is 0.416 e. The molecule has 0 radical (unpaired) electrons. The molecule has 1 unspecified atom stereocenters. The average molecular weight is 612 g/mol. The third kappa shape index (κ3) is 7.52. The van der Waals surface area contributed by atoms with Crippen molar-refractivity contribution in [3.8, 4) is 5.75 Å². The first-order chi connectivity index (χ1) is 20.6. The number of amides is 1. The van der Waals surface area contributed by atoms with E-state index >= 15 is 0 Å². The summed E-state index contributed by atoms with van der Waals surface area (Å²) in [6.45, 7) is 6.64. The number of aromatic amines is 1. The van der Waals surface area contributed by atoms with Crippen LogP contribution >= 0.6 is 23.4 Å². The highest BCUT2D eigenvalue weighted by Crippen LogP contribution is 2.34. The monoisotopic (exact) mass is 611 g/mol. The molecule has 6 nitrogen and oxygen atoms in total. The summed E-state index contributed by atoms with van der Waals surface area (Å²) in [6, 6.07) is 7.59. The quantitative estimate of drug-likeness (QED) is 0.286. The Labute approximate surface area is 256 Å². The molecular weight excluding hydrogens is 573 g/mol. The number of hydrogen-bond donors (Lipinski definition) is 1. The number of benzene rings is 1. The lowest BCUT2D eigenvalue weighted by Crippen LogP contribution is -2.41. The summed E-state index contributed by atoms with van der Waals surface area (Å²) < 4.78 is 25.5. The van der Waals surface area contributed by atoms with Gasteiger partial charge in [0.1, 0.15) is 23.4 Å². The van der Waals surface area contributed by atoms with Crippen molar-refractivity contribution in [2.24, 2.45) is 0 Å². The number of allylic oxidation sites excluding steroid dienone is 5. The average Bonchev–Trinajstić information content (AvgIpc) is 3.24. The van der Waals surface area contributed by atoms with Gasteiger partial charge in [0, 0.05) is 54.5 Å². The van der Waals surface area contributed by atoms with E-state index in [0.717, 1.165) is 52.5 Å². The van der Waals surface area contributed by atoms with Crippen LogP contribution in [0.4, 0.5) is 9.18 Å². The second kappa shape index (κ2) is 15.0. The number of carbonyl (C=O) groups excluding carboxylic acids is 1. The Morgan fingerprint density at radius 1 is 1.17 bits per heavy atom. The number of rotatable bonds is 9. The third-order valence-corrected chi connectivity index (χ3v) is 8.96. The summed E-state index contributed by atoms with van der Waals surface area (Å²) in [5.74, 6) is 3.71. The third-order valence-electron chi connectivity index (χ3n) is 7.87. The number of fused-ring (bicyclic) bond motifs is 1. The van der Waals surface area contributed by atoms with E-state index in [2.05, 4.69) is 9.88 Å². The number of unbranched alkanes of at least 4 members (excludes halogenated alkanes) is 1. The molecule has 3 heterocycles. The Morgan fingerprint density at radius 2 is 1.98 bits per heavy atom. The summed E-state index contributed by atoms with van der Waals surface area (Å²) in [7, 11) is 0. The number of H-pyrrole nitrogens is 1. The maximum atomic E-state index is 13.7. The normalized spacial score (nSPS) is 20.2. The predicted molar refractivity (Wildman–Crippen MR) is 170 cm³/mol. The van der Waals surface area contributed by atoms with Crippen molar-refractivity contribution in [2.45, 2.75) is 38.6 Å². The van der Waals surface area contributed by atoms with Gasteiger partial charge >= 0.3 is 6.09 Å². The van der Waals surface area contributed by atoms with Crippen LogP contribution in [0.3, 0.4) is 0 Å². The summed E-state index contributed by atoms with van der Waals surface area (Å²) >= 11 is 8.16. The molecule has 1 aromatic carbocycles. The van der Waals surface area contributed by atoms with Crippen LogP contribution in [-0.2, 0) is 11.2 Å². The molecule has 1 N–H and O–H groups in total. The number of alkyl halides is 1. The van der Waals surface area contributed by atoms with E-state index in [1.54, 1.807) is 17.1 Å². The highest BCUT2D eigenvalue weighted by molar-refractivity contribution is 7.99. The van der Waals surface area contributed by atoms with Gasteiger partial charge in [-0.05, 0) is 79.4 Å². The van der Waals surface area contributed by atoms with Crippen LogP contribution in [0.25, 0.3) is 12.2 Å². The molecule has 42 heavy (non-hydrogen) atoms. The summed E-state index contributed by atoms with van der Waals surface area (Å²) in [5, 5.41) is 2.07. The lowest BCUT2D eigenvalue weighted by molar-refractivity contribution is 0.115. The van der Waals surface area contributed by atoms with Gasteiger partial charge in [0.05, 0.1) is 6.61 Å². The van der Waals surface area contributed by atoms with Crippen molar-refractivity contribution >= 4 is 41.6 Å². The van der Waals surface area contributed by atoms with Crippen molar-refractivity contribution in [3.63, 3.8) is 0 Å². The van der Waals surface area contributed by atoms with Crippen LogP contribution in [0, 0.1) is 0 Å². The molecule has 1 saturated heterocycles. The predicted octanol–water partition coefficient (Wildman–Crippen LogP) is 5.82. The van der Waals surface area contributed by atoms with Crippen molar-refractivity contribution in [1.29, 1.82) is 0 Å². The molecule has 2 aliphatic heterocycles. The van der Waals surface area contributed by atoms with Crippen molar-refractivity contribution in [1.82, 2.24) is 14.8 Å². The number of halogens is 2. The Morgan fingerprint density at radius 3 is 2.74 bits per heavy atom. The minimum Gasteiger partial charge on any atom is -0.494 e. The molecule has 1 fully saturated rings. The van der Waals surface area contributed by atoms with Gasteiger partial charge in [-0.15, -0.1) is 11.6 Å². The van der Waals surface area contributed by atoms with Crippen LogP contribution < -0.4 is 15.3 Å². The van der Waals surface area contributed by atoms with Gasteiger partial charge in [0.2, 0.25) is 0 Å². The molecule has 1 aliphatic carbocycles. The van der Waals surface area contributed by atoms with Crippen LogP contribution in [0.15, 0.2) is 60.2 Å². The molecular formula is C33H39ClFN3O3S. The molecule has 5 rings (SSSR count). The lowest BCUT2D eigenvalue weighted by atomic mass is 9.93. The number of ether oxygens (including phenoxy) is 2. The Kier molecular flexibility index (Phi) is 10.9. The van der Waals surface area contributed by atoms with Crippen molar-refractivity contribution in [2.75, 3.05) is 50.2 Å². The van der Waals surface area contributed by atoms with E-state index in [-0.39, 0.29) is 12.2 Å². The van der Waals surface area contributed by atoms with Crippen molar-refractivity contribution < 1.29 is 18.7 Å². The molecule has 2 aromatic rings. The number of thioether (sulfide) groups is 1. The van der Waals surface area contributed by atoms with E-state index < -0.39 is 12.1 Å². The molecule has 1 aromatic heterocycles. The molecule has 0 saturated carbocycles. The van der Waals surface area contributed by atoms with E-state index in [0.29, 0.717) is 31.2 Å². The molecule has 224 valence electrons. The number of nitrogens with one attached hydrogen (secondary N) is 1. The number of hydrogen-bond acceptors (Lipinski definition) is 5. The highest BCUT2D eigenvalue weighted by atomic mass is 35.5. The maximum absolute atomic E-state index is 13.7. The molecule has 0 spiro atoms. The zero-order chi connectivity index (χ0) is 29.3. The van der Waals surface area contributed by atoms with Crippen LogP contribution in [0.1, 0.15) is 49.0 Å². The summed E-state index contributed by atoms with van der Waals surface area (Å²) in [5.41, 5.74) is 3.05. The van der Waals surface area contributed by atoms with E-state index in [1.165, 1.54) is 36.7 Å². The number of nitrogens with zero attached hydrogens (tertiary/aromatic N) is 2. The summed E-state index contributed by atoms with van der Waals surface area (Å²) in [6.07, 6.45) is 12.7. The van der Waals surface area contributed by atoms with E-state index in [9.17, 15) is 9.18 Å². The second-order valence-electron chi connectivity index (χ2n) is 10.6. The highest BCUT2D eigenvalue weighted by Gasteiger charge is 2.35. The zero-order valence-corrected chi connectivity index (χ0v) is 25.7. The first-order valence-corrected chi connectivity index (χ1v) is 16.4. The SMILES string of the molecule is C/C=c1/[nH]c2c(/c1=C/CCl)CCN(C(=O)OC1=CC=C(F)CC=C1)C2c1ccc(OCCCCN2CCSCC2)cc1. The Bertz CT molecular complexity index is 1440. The van der Waals surface area contributed by atoms with Crippen LogP contribution in [-0.4, -0.2) is 71.0 Å². The fourth-order valence-electron chi connectivity index (χ4n) is 5.71. The van der Waals surface area contributed by atoms with Gasteiger partial charge in [-0.3, -0.25) is 4.90 Å². The first-order valence-electron chi connectivity index (χ1n) is 14.7. The van der Waals surface area contributed by atoms with Gasteiger partial charge in [0.15, 0.2) is 0 Å². The lowest BCUT2D eigenvalue weighted by Gasteiger charge is -2.35. The van der Waals surface area contributed by atoms with Gasteiger partial charge in [-0.1, -0.05) is 30.4 Å². The van der Waals surface area contributed by atoms with E-state index in [4.69, 9.17) is 21.1 Å². The van der Waals surface area contributed by atoms with Gasteiger partial charge in [-0.2, -0.15) is 11.8 Å². The largest absolute Gasteiger partial charge is 0.494 e. The smallest absolute Gasteiger partial charge is 0.416 e. The van der Waals surface area contributed by atoms with Gasteiger partial charge in [-0.25, -0.2) is 9.18 Å². The van der Waals surface area contributed by atoms with Crippen LogP contribution in [0.5, 0.6) is 5.75 Å². The Hall–Kier alpha value is -2.94. The summed E-state index contributed by atoms with van der Waals surface area (Å²) in [4.78, 5) is 21.4. The molecule has 3 aliphatic rings. The first kappa shape index (κ1) is 30.5. The molecule has 1 amide bonds. The standard InChI is InChI=1S/C33H39ClFN3O3S/c1-2-30-28(14-16-34)29-15-18-38(33(39)41-27-7-5-6-25(35)10-13-27)32(31(29)36-30)24-8-11-26(12-9-24)40-21-4-3-17-37-19-22-42-23-20-37/h2,5,7-14,32,36H,3-4,6,15-23H2,1H3/b28-14-,30-2+. The minimum absolute atomic E-state index is 0.179. The topological polar surface area (TPSA) is 57.8 Å². The van der Waals surface area contributed by atoms with Crippen molar-refractivity contribution in [3.05, 3.63) is 87.5 Å². The number of aromatic nitrogens is 1. The van der Waals surface area contributed by atoms with E-state index in [1.807, 2.05) is 55.1 Å². The van der Waals surface area contributed by atoms with Gasteiger partial charge < -0.3 is 19.4 Å². The van der Waals surface area contributed by atoms with Gasteiger partial charge in [0.25, 0.3) is 0 Å². The fraction of sp³-hybridized carbons (Fsp3) is 0.424. The number of carbonyl (C=O) groups is 1. The minimum atomic E-state index is -0.482. The van der Waals surface area contributed by atoms with Crippen LogP contribution in [0.2, 0.25) is 0 Å². The molecule has 1 atom stereocenters. The fourth-order valence-corrected chi connectivity index (χ4v) is 6.84. The Balaban J connectivity index is 1.33.